The Kier molecular flexibility index (Phi) is 4.23. The van der Waals surface area contributed by atoms with Crippen molar-refractivity contribution in [1.82, 2.24) is 9.97 Å². The summed E-state index contributed by atoms with van der Waals surface area (Å²) in [6, 6.07) is 10.1. The fraction of sp³-hybridized carbons (Fsp3) is 0.231. The summed E-state index contributed by atoms with van der Waals surface area (Å²) in [6.45, 7) is 0.618. The number of aromatic nitrogens is 2. The molecule has 0 radical (unpaired) electrons. The van der Waals surface area contributed by atoms with Crippen molar-refractivity contribution in [3.8, 4) is 0 Å². The zero-order valence-electron chi connectivity index (χ0n) is 9.44. The standard InChI is InChI=1S/C13H14BrN3/c14-11-3-1-2-10(8-11)9-13-16-7-5-12(17-13)4-6-15/h1-3,5,7-8H,4,6,9,15H2. The summed E-state index contributed by atoms with van der Waals surface area (Å²) < 4.78 is 1.08. The lowest BCUT2D eigenvalue weighted by molar-refractivity contribution is 0.866. The van der Waals surface area contributed by atoms with E-state index >= 15 is 0 Å². The molecule has 2 rings (SSSR count). The molecular weight excluding hydrogens is 278 g/mol. The zero-order valence-corrected chi connectivity index (χ0v) is 11.0. The number of benzene rings is 1. The predicted octanol–water partition coefficient (Wildman–Crippen LogP) is 2.33. The molecule has 1 aromatic carbocycles. The lowest BCUT2D eigenvalue weighted by Crippen LogP contribution is -2.06. The Balaban J connectivity index is 2.15. The van der Waals surface area contributed by atoms with Crippen LogP contribution in [0.25, 0.3) is 0 Å². The molecule has 0 spiro atoms. The Labute approximate surface area is 109 Å². The number of halogens is 1. The zero-order chi connectivity index (χ0) is 12.1. The fourth-order valence-electron chi connectivity index (χ4n) is 1.64. The quantitative estimate of drug-likeness (QED) is 0.941. The van der Waals surface area contributed by atoms with Crippen LogP contribution < -0.4 is 5.73 Å². The van der Waals surface area contributed by atoms with Crippen molar-refractivity contribution in [1.29, 1.82) is 0 Å². The van der Waals surface area contributed by atoms with Crippen molar-refractivity contribution < 1.29 is 0 Å². The van der Waals surface area contributed by atoms with Gasteiger partial charge in [0.15, 0.2) is 0 Å². The number of nitrogens with two attached hydrogens (primary N) is 1. The smallest absolute Gasteiger partial charge is 0.132 e. The van der Waals surface area contributed by atoms with Gasteiger partial charge < -0.3 is 5.73 Å². The van der Waals surface area contributed by atoms with Gasteiger partial charge >= 0.3 is 0 Å². The van der Waals surface area contributed by atoms with Gasteiger partial charge in [-0.05, 0) is 30.3 Å². The number of nitrogens with zero attached hydrogens (tertiary/aromatic N) is 2. The van der Waals surface area contributed by atoms with Gasteiger partial charge in [-0.15, -0.1) is 0 Å². The molecule has 0 aliphatic carbocycles. The molecule has 0 fully saturated rings. The third-order valence-electron chi connectivity index (χ3n) is 2.41. The first kappa shape index (κ1) is 12.2. The molecule has 0 unspecified atom stereocenters. The number of hydrogen-bond donors (Lipinski definition) is 1. The van der Waals surface area contributed by atoms with Crippen molar-refractivity contribution in [2.45, 2.75) is 12.8 Å². The first-order chi connectivity index (χ1) is 8.28. The average Bonchev–Trinajstić information content (AvgIpc) is 2.30. The minimum Gasteiger partial charge on any atom is -0.330 e. The van der Waals surface area contributed by atoms with E-state index in [4.69, 9.17) is 5.73 Å². The van der Waals surface area contributed by atoms with Crippen LogP contribution >= 0.6 is 15.9 Å². The molecule has 2 N–H and O–H groups in total. The van der Waals surface area contributed by atoms with Crippen LogP contribution in [-0.4, -0.2) is 16.5 Å². The van der Waals surface area contributed by atoms with Crippen LogP contribution in [0.15, 0.2) is 41.0 Å². The molecule has 0 aliphatic rings. The van der Waals surface area contributed by atoms with Crippen LogP contribution in [0.2, 0.25) is 0 Å². The van der Waals surface area contributed by atoms with Gasteiger partial charge in [0.1, 0.15) is 5.82 Å². The Hall–Kier alpha value is -1.26. The number of rotatable bonds is 4. The minimum atomic E-state index is 0.618. The molecular formula is C13H14BrN3. The molecule has 0 aliphatic heterocycles. The third-order valence-corrected chi connectivity index (χ3v) is 2.91. The Bertz CT molecular complexity index is 500. The summed E-state index contributed by atoms with van der Waals surface area (Å²) in [5.74, 6) is 0.842. The third kappa shape index (κ3) is 3.61. The van der Waals surface area contributed by atoms with E-state index in [0.717, 1.165) is 28.8 Å². The SMILES string of the molecule is NCCc1ccnc(Cc2cccc(Br)c2)n1. The van der Waals surface area contributed by atoms with E-state index < -0.39 is 0 Å². The highest BCUT2D eigenvalue weighted by molar-refractivity contribution is 9.10. The lowest BCUT2D eigenvalue weighted by atomic mass is 10.1. The van der Waals surface area contributed by atoms with E-state index in [-0.39, 0.29) is 0 Å². The molecule has 3 nitrogen and oxygen atoms in total. The Morgan fingerprint density at radius 1 is 1.24 bits per heavy atom. The molecule has 0 saturated carbocycles. The molecule has 0 bridgehead atoms. The van der Waals surface area contributed by atoms with E-state index in [1.54, 1.807) is 6.20 Å². The largest absolute Gasteiger partial charge is 0.330 e. The molecule has 1 aromatic heterocycles. The molecule has 17 heavy (non-hydrogen) atoms. The maximum atomic E-state index is 5.52. The van der Waals surface area contributed by atoms with Gasteiger partial charge in [0.2, 0.25) is 0 Å². The van der Waals surface area contributed by atoms with Gasteiger partial charge in [0.25, 0.3) is 0 Å². The molecule has 88 valence electrons. The van der Waals surface area contributed by atoms with E-state index in [0.29, 0.717) is 6.54 Å². The van der Waals surface area contributed by atoms with Gasteiger partial charge in [-0.3, -0.25) is 0 Å². The second kappa shape index (κ2) is 5.89. The first-order valence-electron chi connectivity index (χ1n) is 5.53. The summed E-state index contributed by atoms with van der Waals surface area (Å²) in [5, 5.41) is 0. The summed E-state index contributed by atoms with van der Waals surface area (Å²) >= 11 is 3.46. The molecule has 4 heteroatoms. The van der Waals surface area contributed by atoms with E-state index in [2.05, 4.69) is 38.0 Å². The minimum absolute atomic E-state index is 0.618. The maximum absolute atomic E-state index is 5.52. The topological polar surface area (TPSA) is 51.8 Å². The fourth-order valence-corrected chi connectivity index (χ4v) is 2.09. The second-order valence-electron chi connectivity index (χ2n) is 3.81. The van der Waals surface area contributed by atoms with E-state index in [1.165, 1.54) is 5.56 Å². The summed E-state index contributed by atoms with van der Waals surface area (Å²) in [5.41, 5.74) is 7.72. The maximum Gasteiger partial charge on any atom is 0.132 e. The van der Waals surface area contributed by atoms with Gasteiger partial charge in [-0.25, -0.2) is 9.97 Å². The van der Waals surface area contributed by atoms with Crippen LogP contribution in [0.5, 0.6) is 0 Å². The molecule has 0 saturated heterocycles. The molecule has 0 atom stereocenters. The van der Waals surface area contributed by atoms with Crippen LogP contribution in [0.3, 0.4) is 0 Å². The monoisotopic (exact) mass is 291 g/mol. The van der Waals surface area contributed by atoms with E-state index in [1.807, 2.05) is 18.2 Å². The molecule has 0 amide bonds. The lowest BCUT2D eigenvalue weighted by Gasteiger charge is -2.03. The highest BCUT2D eigenvalue weighted by Crippen LogP contribution is 2.13. The summed E-state index contributed by atoms with van der Waals surface area (Å²) in [4.78, 5) is 8.76. The summed E-state index contributed by atoms with van der Waals surface area (Å²) in [6.07, 6.45) is 3.34. The highest BCUT2D eigenvalue weighted by Gasteiger charge is 2.01. The van der Waals surface area contributed by atoms with Crippen LogP contribution in [0.1, 0.15) is 17.1 Å². The van der Waals surface area contributed by atoms with Gasteiger partial charge in [-0.2, -0.15) is 0 Å². The number of hydrogen-bond acceptors (Lipinski definition) is 3. The second-order valence-corrected chi connectivity index (χ2v) is 4.73. The van der Waals surface area contributed by atoms with Crippen molar-refractivity contribution in [3.63, 3.8) is 0 Å². The Morgan fingerprint density at radius 3 is 2.88 bits per heavy atom. The van der Waals surface area contributed by atoms with Crippen molar-refractivity contribution in [2.75, 3.05) is 6.54 Å². The summed E-state index contributed by atoms with van der Waals surface area (Å²) in [7, 11) is 0. The average molecular weight is 292 g/mol. The van der Waals surface area contributed by atoms with Crippen LogP contribution in [0.4, 0.5) is 0 Å². The van der Waals surface area contributed by atoms with Gasteiger partial charge in [-0.1, -0.05) is 28.1 Å². The predicted molar refractivity (Wildman–Crippen MR) is 71.7 cm³/mol. The van der Waals surface area contributed by atoms with E-state index in [9.17, 15) is 0 Å². The van der Waals surface area contributed by atoms with Crippen molar-refractivity contribution in [3.05, 3.63) is 58.1 Å². The van der Waals surface area contributed by atoms with Crippen LogP contribution in [0, 0.1) is 0 Å². The first-order valence-corrected chi connectivity index (χ1v) is 6.32. The van der Waals surface area contributed by atoms with Gasteiger partial charge in [0.05, 0.1) is 0 Å². The van der Waals surface area contributed by atoms with Gasteiger partial charge in [0, 0.05) is 29.2 Å². The molecule has 1 heterocycles. The highest BCUT2D eigenvalue weighted by atomic mass is 79.9. The van der Waals surface area contributed by atoms with Crippen molar-refractivity contribution >= 4 is 15.9 Å². The Morgan fingerprint density at radius 2 is 2.12 bits per heavy atom. The van der Waals surface area contributed by atoms with Crippen LogP contribution in [-0.2, 0) is 12.8 Å². The van der Waals surface area contributed by atoms with Crippen molar-refractivity contribution in [2.24, 2.45) is 5.73 Å². The normalized spacial score (nSPS) is 10.5. The molecule has 2 aromatic rings.